The molecule has 2 atom stereocenters. The Labute approximate surface area is 110 Å². The van der Waals surface area contributed by atoms with Gasteiger partial charge in [-0.05, 0) is 19.1 Å². The van der Waals surface area contributed by atoms with Crippen LogP contribution >= 0.6 is 23.2 Å². The fourth-order valence-corrected chi connectivity index (χ4v) is 1.75. The second-order valence-electron chi connectivity index (χ2n) is 3.71. The number of hydrogen-bond donors (Lipinski definition) is 3. The predicted molar refractivity (Wildman–Crippen MR) is 68.5 cm³/mol. The van der Waals surface area contributed by atoms with Gasteiger partial charge in [-0.3, -0.25) is 4.79 Å². The molecule has 1 amide bonds. The van der Waals surface area contributed by atoms with E-state index in [1.54, 1.807) is 25.1 Å². The van der Waals surface area contributed by atoms with Crippen LogP contribution in [-0.2, 0) is 0 Å². The lowest BCUT2D eigenvalue weighted by Gasteiger charge is -2.15. The number of benzene rings is 1. The first-order chi connectivity index (χ1) is 7.93. The van der Waals surface area contributed by atoms with E-state index in [1.165, 1.54) is 0 Å². The number of nitrogens with one attached hydrogen (secondary N) is 1. The Morgan fingerprint density at radius 3 is 2.47 bits per heavy atom. The highest BCUT2D eigenvalue weighted by molar-refractivity contribution is 6.39. The molecule has 4 nitrogen and oxygen atoms in total. The summed E-state index contributed by atoms with van der Waals surface area (Å²) in [5.41, 5.74) is 5.80. The lowest BCUT2D eigenvalue weighted by molar-refractivity contribution is 0.0938. The normalized spacial score (nSPS) is 14.2. The fourth-order valence-electron chi connectivity index (χ4n) is 1.18. The minimum absolute atomic E-state index is 0.151. The lowest BCUT2D eigenvalue weighted by Crippen LogP contribution is -2.43. The largest absolute Gasteiger partial charge is 0.392 e. The highest BCUT2D eigenvalue weighted by atomic mass is 35.5. The number of hydrogen-bond acceptors (Lipinski definition) is 3. The molecule has 0 aliphatic carbocycles. The molecule has 17 heavy (non-hydrogen) atoms. The van der Waals surface area contributed by atoms with E-state index in [-0.39, 0.29) is 22.2 Å². The molecule has 0 saturated carbocycles. The Hall–Kier alpha value is -0.810. The van der Waals surface area contributed by atoms with Crippen molar-refractivity contribution >= 4 is 29.1 Å². The second kappa shape index (κ2) is 6.21. The SMILES string of the molecule is CC(O)C(N)CNC(=O)c1c(Cl)cccc1Cl. The van der Waals surface area contributed by atoms with E-state index in [9.17, 15) is 9.90 Å². The molecule has 1 aromatic carbocycles. The summed E-state index contributed by atoms with van der Waals surface area (Å²) in [7, 11) is 0. The third-order valence-electron chi connectivity index (χ3n) is 2.31. The second-order valence-corrected chi connectivity index (χ2v) is 4.53. The van der Waals surface area contributed by atoms with E-state index in [0.717, 1.165) is 0 Å². The van der Waals surface area contributed by atoms with E-state index in [4.69, 9.17) is 28.9 Å². The molecular weight excluding hydrogens is 263 g/mol. The first-order valence-corrected chi connectivity index (χ1v) is 5.85. The maximum atomic E-state index is 11.8. The summed E-state index contributed by atoms with van der Waals surface area (Å²) >= 11 is 11.8. The van der Waals surface area contributed by atoms with Crippen molar-refractivity contribution in [1.82, 2.24) is 5.32 Å². The number of aliphatic hydroxyl groups is 1. The van der Waals surface area contributed by atoms with Crippen molar-refractivity contribution < 1.29 is 9.90 Å². The van der Waals surface area contributed by atoms with Crippen LogP contribution in [0.5, 0.6) is 0 Å². The highest BCUT2D eigenvalue weighted by Crippen LogP contribution is 2.23. The lowest BCUT2D eigenvalue weighted by atomic mass is 10.1. The molecule has 0 heterocycles. The van der Waals surface area contributed by atoms with Crippen molar-refractivity contribution in [1.29, 1.82) is 0 Å². The standard InChI is InChI=1S/C11H14Cl2N2O2/c1-6(16)9(14)5-15-11(17)10-7(12)3-2-4-8(10)13/h2-4,6,9,16H,5,14H2,1H3,(H,15,17). The van der Waals surface area contributed by atoms with Gasteiger partial charge in [0.05, 0.1) is 21.7 Å². The van der Waals surface area contributed by atoms with Crippen molar-refractivity contribution in [2.45, 2.75) is 19.1 Å². The van der Waals surface area contributed by atoms with Crippen LogP contribution in [0.15, 0.2) is 18.2 Å². The van der Waals surface area contributed by atoms with Gasteiger partial charge in [-0.1, -0.05) is 29.3 Å². The summed E-state index contributed by atoms with van der Waals surface area (Å²) in [5.74, 6) is -0.406. The number of nitrogens with two attached hydrogens (primary N) is 1. The Balaban J connectivity index is 2.71. The monoisotopic (exact) mass is 276 g/mol. The highest BCUT2D eigenvalue weighted by Gasteiger charge is 2.16. The van der Waals surface area contributed by atoms with E-state index in [2.05, 4.69) is 5.32 Å². The van der Waals surface area contributed by atoms with Gasteiger partial charge in [0.1, 0.15) is 0 Å². The minimum atomic E-state index is -0.697. The molecule has 0 aliphatic heterocycles. The molecule has 0 aliphatic rings. The molecule has 94 valence electrons. The van der Waals surface area contributed by atoms with Gasteiger partial charge >= 0.3 is 0 Å². The third-order valence-corrected chi connectivity index (χ3v) is 2.94. The predicted octanol–water partition coefficient (Wildman–Crippen LogP) is 1.43. The molecule has 0 bridgehead atoms. The molecule has 0 radical (unpaired) electrons. The molecule has 6 heteroatoms. The molecule has 0 fully saturated rings. The van der Waals surface area contributed by atoms with Gasteiger partial charge < -0.3 is 16.2 Å². The number of carbonyl (C=O) groups excluding carboxylic acids is 1. The first-order valence-electron chi connectivity index (χ1n) is 5.09. The Morgan fingerprint density at radius 1 is 1.47 bits per heavy atom. The van der Waals surface area contributed by atoms with Crippen LogP contribution in [0.1, 0.15) is 17.3 Å². The van der Waals surface area contributed by atoms with E-state index < -0.39 is 18.1 Å². The van der Waals surface area contributed by atoms with Gasteiger partial charge in [0.2, 0.25) is 0 Å². The van der Waals surface area contributed by atoms with E-state index >= 15 is 0 Å². The van der Waals surface area contributed by atoms with Crippen LogP contribution in [0.4, 0.5) is 0 Å². The molecule has 2 unspecified atom stereocenters. The first kappa shape index (κ1) is 14.3. The van der Waals surface area contributed by atoms with Gasteiger partial charge in [-0.25, -0.2) is 0 Å². The zero-order valence-electron chi connectivity index (χ0n) is 9.28. The van der Waals surface area contributed by atoms with Crippen molar-refractivity contribution in [2.24, 2.45) is 5.73 Å². The van der Waals surface area contributed by atoms with Gasteiger partial charge in [-0.2, -0.15) is 0 Å². The van der Waals surface area contributed by atoms with Crippen LogP contribution in [0.2, 0.25) is 10.0 Å². The Morgan fingerprint density at radius 2 is 2.00 bits per heavy atom. The number of halogens is 2. The number of carbonyl (C=O) groups is 1. The van der Waals surface area contributed by atoms with Gasteiger partial charge in [0.25, 0.3) is 5.91 Å². The van der Waals surface area contributed by atoms with Crippen molar-refractivity contribution in [3.8, 4) is 0 Å². The summed E-state index contributed by atoms with van der Waals surface area (Å²) in [4.78, 5) is 11.8. The minimum Gasteiger partial charge on any atom is -0.392 e. The number of amides is 1. The van der Waals surface area contributed by atoms with Crippen LogP contribution in [0.25, 0.3) is 0 Å². The summed E-state index contributed by atoms with van der Waals surface area (Å²) in [5, 5.41) is 12.3. The van der Waals surface area contributed by atoms with Gasteiger partial charge in [-0.15, -0.1) is 0 Å². The molecule has 0 saturated heterocycles. The van der Waals surface area contributed by atoms with Crippen molar-refractivity contribution in [3.63, 3.8) is 0 Å². The van der Waals surface area contributed by atoms with E-state index in [0.29, 0.717) is 0 Å². The number of rotatable bonds is 4. The zero-order valence-corrected chi connectivity index (χ0v) is 10.8. The zero-order chi connectivity index (χ0) is 13.0. The Bertz CT molecular complexity index is 390. The maximum absolute atomic E-state index is 11.8. The number of aliphatic hydroxyl groups excluding tert-OH is 1. The Kier molecular flexibility index (Phi) is 5.21. The molecule has 1 aromatic rings. The van der Waals surface area contributed by atoms with Crippen LogP contribution in [-0.4, -0.2) is 29.7 Å². The molecule has 0 spiro atoms. The summed E-state index contributed by atoms with van der Waals surface area (Å²) in [6, 6.07) is 4.29. The molecular formula is C11H14Cl2N2O2. The van der Waals surface area contributed by atoms with Crippen LogP contribution < -0.4 is 11.1 Å². The maximum Gasteiger partial charge on any atom is 0.254 e. The summed E-state index contributed by atoms with van der Waals surface area (Å²) < 4.78 is 0. The smallest absolute Gasteiger partial charge is 0.254 e. The molecule has 4 N–H and O–H groups in total. The topological polar surface area (TPSA) is 75.3 Å². The van der Waals surface area contributed by atoms with Crippen LogP contribution in [0.3, 0.4) is 0 Å². The van der Waals surface area contributed by atoms with Crippen LogP contribution in [0, 0.1) is 0 Å². The average Bonchev–Trinajstić information content (AvgIpc) is 2.25. The van der Waals surface area contributed by atoms with Gasteiger partial charge in [0.15, 0.2) is 0 Å². The molecule has 0 aromatic heterocycles. The van der Waals surface area contributed by atoms with E-state index in [1.807, 2.05) is 0 Å². The van der Waals surface area contributed by atoms with Crippen molar-refractivity contribution in [3.05, 3.63) is 33.8 Å². The molecule has 1 rings (SSSR count). The summed E-state index contributed by atoms with van der Waals surface area (Å²) in [6.45, 7) is 1.71. The summed E-state index contributed by atoms with van der Waals surface area (Å²) in [6.07, 6.45) is -0.697. The average molecular weight is 277 g/mol. The quantitative estimate of drug-likeness (QED) is 0.779. The fraction of sp³-hybridized carbons (Fsp3) is 0.364. The van der Waals surface area contributed by atoms with Crippen molar-refractivity contribution in [2.75, 3.05) is 6.54 Å². The van der Waals surface area contributed by atoms with Gasteiger partial charge in [0, 0.05) is 12.6 Å². The third kappa shape index (κ3) is 3.85.